The maximum Gasteiger partial charge on any atom is 0.0480 e. The van der Waals surface area contributed by atoms with E-state index in [1.165, 1.54) is 5.56 Å². The minimum absolute atomic E-state index is 0.487. The summed E-state index contributed by atoms with van der Waals surface area (Å²) in [5, 5.41) is 3.50. The maximum atomic E-state index is 5.54. The normalized spacial score (nSPS) is 12.6. The second-order valence-electron chi connectivity index (χ2n) is 4.22. The minimum atomic E-state index is 0.487. The first-order valence-corrected chi connectivity index (χ1v) is 6.56. The highest BCUT2D eigenvalue weighted by Crippen LogP contribution is 2.05. The molecule has 1 unspecified atom stereocenters. The summed E-state index contributed by atoms with van der Waals surface area (Å²) in [6, 6.07) is 4.61. The average molecular weight is 236 g/mol. The van der Waals surface area contributed by atoms with Gasteiger partial charge in [0.15, 0.2) is 0 Å². The molecule has 0 aromatic carbocycles. The van der Waals surface area contributed by atoms with Crippen LogP contribution in [0.4, 0.5) is 0 Å². The van der Waals surface area contributed by atoms with E-state index < -0.39 is 0 Å². The van der Waals surface area contributed by atoms with Crippen molar-refractivity contribution in [3.8, 4) is 0 Å². The van der Waals surface area contributed by atoms with Crippen LogP contribution in [0.1, 0.15) is 32.3 Å². The fourth-order valence-corrected chi connectivity index (χ4v) is 1.84. The molecule has 0 saturated heterocycles. The Balaban J connectivity index is 2.32. The number of ether oxygens (including phenoxy) is 1. The first kappa shape index (κ1) is 14.1. The molecule has 1 N–H and O–H groups in total. The number of pyridine rings is 1. The second-order valence-corrected chi connectivity index (χ2v) is 4.22. The van der Waals surface area contributed by atoms with Crippen molar-refractivity contribution in [1.29, 1.82) is 0 Å². The molecule has 0 amide bonds. The lowest BCUT2D eigenvalue weighted by atomic mass is 10.1. The van der Waals surface area contributed by atoms with Gasteiger partial charge in [-0.2, -0.15) is 0 Å². The molecule has 0 saturated carbocycles. The van der Waals surface area contributed by atoms with Crippen molar-refractivity contribution in [2.75, 3.05) is 19.8 Å². The Morgan fingerprint density at radius 2 is 2.24 bits per heavy atom. The van der Waals surface area contributed by atoms with Gasteiger partial charge in [0, 0.05) is 31.6 Å². The van der Waals surface area contributed by atoms with E-state index in [-0.39, 0.29) is 0 Å². The molecular weight excluding hydrogens is 212 g/mol. The van der Waals surface area contributed by atoms with Gasteiger partial charge in [-0.05, 0) is 37.4 Å². The largest absolute Gasteiger partial charge is 0.381 e. The molecule has 0 radical (unpaired) electrons. The fourth-order valence-electron chi connectivity index (χ4n) is 1.84. The van der Waals surface area contributed by atoms with E-state index in [4.69, 9.17) is 4.74 Å². The van der Waals surface area contributed by atoms with Gasteiger partial charge in [-0.1, -0.05) is 19.9 Å². The van der Waals surface area contributed by atoms with Crippen molar-refractivity contribution in [1.82, 2.24) is 10.3 Å². The topological polar surface area (TPSA) is 34.1 Å². The maximum absolute atomic E-state index is 5.54. The van der Waals surface area contributed by atoms with E-state index in [1.807, 2.05) is 18.5 Å². The highest BCUT2D eigenvalue weighted by atomic mass is 16.5. The van der Waals surface area contributed by atoms with Crippen LogP contribution in [-0.2, 0) is 11.2 Å². The monoisotopic (exact) mass is 236 g/mol. The third-order valence-electron chi connectivity index (χ3n) is 2.66. The first-order valence-electron chi connectivity index (χ1n) is 6.56. The van der Waals surface area contributed by atoms with E-state index >= 15 is 0 Å². The van der Waals surface area contributed by atoms with Crippen LogP contribution in [0.2, 0.25) is 0 Å². The van der Waals surface area contributed by atoms with Gasteiger partial charge in [-0.3, -0.25) is 4.98 Å². The van der Waals surface area contributed by atoms with Gasteiger partial charge in [-0.15, -0.1) is 0 Å². The van der Waals surface area contributed by atoms with Crippen LogP contribution < -0.4 is 5.32 Å². The van der Waals surface area contributed by atoms with Crippen molar-refractivity contribution < 1.29 is 4.74 Å². The molecule has 3 heteroatoms. The molecule has 0 aliphatic rings. The number of likely N-dealkylation sites (N-methyl/N-ethyl adjacent to an activating group) is 1. The summed E-state index contributed by atoms with van der Waals surface area (Å²) in [5.41, 5.74) is 1.29. The number of aromatic nitrogens is 1. The molecule has 1 rings (SSSR count). The Kier molecular flexibility index (Phi) is 7.60. The predicted octanol–water partition coefficient (Wildman–Crippen LogP) is 2.42. The third-order valence-corrected chi connectivity index (χ3v) is 2.66. The smallest absolute Gasteiger partial charge is 0.0480 e. The molecule has 1 aromatic heterocycles. The molecule has 96 valence electrons. The van der Waals surface area contributed by atoms with Crippen molar-refractivity contribution in [2.45, 2.75) is 39.2 Å². The molecule has 1 aromatic rings. The SMILES string of the molecule is CCCOCCC(Cc1cccnc1)NCC. The molecule has 1 heterocycles. The molecular formula is C14H24N2O. The van der Waals surface area contributed by atoms with Crippen LogP contribution in [-0.4, -0.2) is 30.8 Å². The number of nitrogens with zero attached hydrogens (tertiary/aromatic N) is 1. The van der Waals surface area contributed by atoms with Gasteiger partial charge in [0.05, 0.1) is 0 Å². The van der Waals surface area contributed by atoms with E-state index in [0.717, 1.165) is 39.0 Å². The minimum Gasteiger partial charge on any atom is -0.381 e. The highest BCUT2D eigenvalue weighted by Gasteiger charge is 2.08. The van der Waals surface area contributed by atoms with Crippen LogP contribution in [0, 0.1) is 0 Å². The average Bonchev–Trinajstić information content (AvgIpc) is 2.36. The van der Waals surface area contributed by atoms with Crippen molar-refractivity contribution in [3.63, 3.8) is 0 Å². The van der Waals surface area contributed by atoms with Crippen molar-refractivity contribution >= 4 is 0 Å². The quantitative estimate of drug-likeness (QED) is 0.669. The molecule has 0 aliphatic heterocycles. The van der Waals surface area contributed by atoms with E-state index in [2.05, 4.69) is 30.2 Å². The Morgan fingerprint density at radius 1 is 1.35 bits per heavy atom. The van der Waals surface area contributed by atoms with E-state index in [9.17, 15) is 0 Å². The molecule has 3 nitrogen and oxygen atoms in total. The zero-order chi connectivity index (χ0) is 12.3. The van der Waals surface area contributed by atoms with Crippen molar-refractivity contribution in [2.24, 2.45) is 0 Å². The molecule has 17 heavy (non-hydrogen) atoms. The summed E-state index contributed by atoms with van der Waals surface area (Å²) >= 11 is 0. The van der Waals surface area contributed by atoms with Crippen LogP contribution >= 0.6 is 0 Å². The van der Waals surface area contributed by atoms with Crippen LogP contribution in [0.25, 0.3) is 0 Å². The van der Waals surface area contributed by atoms with Gasteiger partial charge in [0.25, 0.3) is 0 Å². The fraction of sp³-hybridized carbons (Fsp3) is 0.643. The lowest BCUT2D eigenvalue weighted by Crippen LogP contribution is -2.32. The zero-order valence-electron chi connectivity index (χ0n) is 11.0. The van der Waals surface area contributed by atoms with E-state index in [0.29, 0.717) is 6.04 Å². The Hall–Kier alpha value is -0.930. The number of hydrogen-bond acceptors (Lipinski definition) is 3. The Morgan fingerprint density at radius 3 is 2.88 bits per heavy atom. The van der Waals surface area contributed by atoms with Gasteiger partial charge in [-0.25, -0.2) is 0 Å². The molecule has 1 atom stereocenters. The number of rotatable bonds is 9. The van der Waals surface area contributed by atoms with Crippen LogP contribution in [0.5, 0.6) is 0 Å². The summed E-state index contributed by atoms with van der Waals surface area (Å²) in [6.45, 7) is 6.98. The summed E-state index contributed by atoms with van der Waals surface area (Å²) in [6.07, 6.45) is 6.93. The summed E-state index contributed by atoms with van der Waals surface area (Å²) in [4.78, 5) is 4.15. The summed E-state index contributed by atoms with van der Waals surface area (Å²) < 4.78 is 5.54. The first-order chi connectivity index (χ1) is 8.36. The zero-order valence-corrected chi connectivity index (χ0v) is 11.0. The lowest BCUT2D eigenvalue weighted by Gasteiger charge is -2.17. The van der Waals surface area contributed by atoms with Crippen LogP contribution in [0.15, 0.2) is 24.5 Å². The van der Waals surface area contributed by atoms with Gasteiger partial charge >= 0.3 is 0 Å². The van der Waals surface area contributed by atoms with E-state index in [1.54, 1.807) is 0 Å². The predicted molar refractivity (Wildman–Crippen MR) is 71.1 cm³/mol. The molecule has 0 fully saturated rings. The highest BCUT2D eigenvalue weighted by molar-refractivity contribution is 5.10. The molecule has 0 aliphatic carbocycles. The second kappa shape index (κ2) is 9.14. The van der Waals surface area contributed by atoms with Crippen LogP contribution in [0.3, 0.4) is 0 Å². The lowest BCUT2D eigenvalue weighted by molar-refractivity contribution is 0.124. The van der Waals surface area contributed by atoms with Gasteiger partial charge < -0.3 is 10.1 Å². The van der Waals surface area contributed by atoms with Gasteiger partial charge in [0.1, 0.15) is 0 Å². The molecule has 0 spiro atoms. The van der Waals surface area contributed by atoms with Gasteiger partial charge in [0.2, 0.25) is 0 Å². The number of hydrogen-bond donors (Lipinski definition) is 1. The molecule has 0 bridgehead atoms. The standard InChI is InChI=1S/C14H24N2O/c1-3-9-17-10-7-14(16-4-2)11-13-6-5-8-15-12-13/h5-6,8,12,14,16H,3-4,7,9-11H2,1-2H3. The van der Waals surface area contributed by atoms with Crippen molar-refractivity contribution in [3.05, 3.63) is 30.1 Å². The summed E-state index contributed by atoms with van der Waals surface area (Å²) in [5.74, 6) is 0. The number of nitrogens with one attached hydrogen (secondary N) is 1. The Labute approximate surface area is 105 Å². The Bertz CT molecular complexity index is 277. The third kappa shape index (κ3) is 6.39. The summed E-state index contributed by atoms with van der Waals surface area (Å²) in [7, 11) is 0.